The van der Waals surface area contributed by atoms with Crippen LogP contribution < -0.4 is 5.56 Å². The molecule has 4 nitrogen and oxygen atoms in total. The molecule has 0 bridgehead atoms. The Labute approximate surface area is 151 Å². The van der Waals surface area contributed by atoms with Crippen molar-refractivity contribution < 1.29 is 4.39 Å². The molecule has 0 aliphatic heterocycles. The van der Waals surface area contributed by atoms with Gasteiger partial charge in [0.25, 0.3) is 5.56 Å². The Bertz CT molecular complexity index is 1040. The van der Waals surface area contributed by atoms with Crippen molar-refractivity contribution >= 4 is 0 Å². The number of rotatable bonds is 2. The number of halogens is 1. The highest BCUT2D eigenvalue weighted by atomic mass is 19.1. The molecule has 26 heavy (non-hydrogen) atoms. The zero-order valence-electron chi connectivity index (χ0n) is 14.9. The lowest BCUT2D eigenvalue weighted by Gasteiger charge is -2.26. The number of benzene rings is 1. The molecule has 0 saturated carbocycles. The Hall–Kier alpha value is -2.82. The zero-order chi connectivity index (χ0) is 18.3. The summed E-state index contributed by atoms with van der Waals surface area (Å²) in [6.07, 6.45) is 4.16. The highest BCUT2D eigenvalue weighted by molar-refractivity contribution is 5.37. The minimum atomic E-state index is -0.621. The van der Waals surface area contributed by atoms with E-state index in [9.17, 15) is 9.18 Å². The number of fused-ring (bicyclic) bond motifs is 1. The second-order valence-electron chi connectivity index (χ2n) is 6.98. The van der Waals surface area contributed by atoms with Crippen molar-refractivity contribution in [2.45, 2.75) is 39.0 Å². The van der Waals surface area contributed by atoms with Gasteiger partial charge in [0.1, 0.15) is 0 Å². The molecule has 0 spiro atoms. The molecule has 2 aromatic heterocycles. The van der Waals surface area contributed by atoms with Crippen LogP contribution in [0.25, 0.3) is 5.82 Å². The van der Waals surface area contributed by atoms with Gasteiger partial charge in [0.2, 0.25) is 5.95 Å². The van der Waals surface area contributed by atoms with E-state index in [2.05, 4.69) is 42.1 Å². The first-order valence-corrected chi connectivity index (χ1v) is 8.83. The summed E-state index contributed by atoms with van der Waals surface area (Å²) in [4.78, 5) is 16.6. The van der Waals surface area contributed by atoms with Gasteiger partial charge < -0.3 is 0 Å². The number of pyridine rings is 1. The third-order valence-electron chi connectivity index (χ3n) is 5.16. The molecule has 3 aromatic rings. The van der Waals surface area contributed by atoms with Crippen LogP contribution in [0.5, 0.6) is 0 Å². The predicted molar refractivity (Wildman–Crippen MR) is 98.3 cm³/mol. The summed E-state index contributed by atoms with van der Waals surface area (Å²) in [6, 6.07) is 10.9. The third-order valence-corrected chi connectivity index (χ3v) is 5.16. The Morgan fingerprint density at radius 2 is 2.04 bits per heavy atom. The van der Waals surface area contributed by atoms with Crippen molar-refractivity contribution in [2.75, 3.05) is 0 Å². The number of aromatic nitrogens is 3. The summed E-state index contributed by atoms with van der Waals surface area (Å²) in [7, 11) is 0. The largest absolute Gasteiger partial charge is 0.276 e. The summed E-state index contributed by atoms with van der Waals surface area (Å²) in [5.41, 5.74) is 5.46. The molecule has 0 radical (unpaired) electrons. The van der Waals surface area contributed by atoms with Gasteiger partial charge in [-0.2, -0.15) is 14.2 Å². The average molecular weight is 349 g/mol. The van der Waals surface area contributed by atoms with Gasteiger partial charge in [-0.05, 0) is 67.9 Å². The molecular weight excluding hydrogens is 329 g/mol. The van der Waals surface area contributed by atoms with E-state index in [0.29, 0.717) is 12.3 Å². The molecule has 1 atom stereocenters. The normalized spacial score (nSPS) is 16.3. The van der Waals surface area contributed by atoms with Gasteiger partial charge >= 0.3 is 0 Å². The van der Waals surface area contributed by atoms with Gasteiger partial charge in [0, 0.05) is 5.56 Å². The quantitative estimate of drug-likeness (QED) is 0.664. The van der Waals surface area contributed by atoms with E-state index in [1.165, 1.54) is 33.5 Å². The third kappa shape index (κ3) is 2.94. The SMILES string of the molecule is Cc1ccc(C2CCc3c(cnn(-c4cccc(F)n4)c3=O)C2)c(C)c1. The minimum absolute atomic E-state index is 0.195. The van der Waals surface area contributed by atoms with Crippen molar-refractivity contribution in [1.29, 1.82) is 0 Å². The number of hydrogen-bond donors (Lipinski definition) is 0. The highest BCUT2D eigenvalue weighted by Gasteiger charge is 2.25. The van der Waals surface area contributed by atoms with Gasteiger partial charge in [-0.3, -0.25) is 4.79 Å². The van der Waals surface area contributed by atoms with E-state index in [4.69, 9.17) is 0 Å². The number of aryl methyl sites for hydroxylation is 2. The fourth-order valence-electron chi connectivity index (χ4n) is 3.88. The Morgan fingerprint density at radius 1 is 1.19 bits per heavy atom. The van der Waals surface area contributed by atoms with E-state index in [1.807, 2.05) is 0 Å². The van der Waals surface area contributed by atoms with Gasteiger partial charge in [0.15, 0.2) is 5.82 Å². The molecule has 0 fully saturated rings. The van der Waals surface area contributed by atoms with Gasteiger partial charge in [-0.15, -0.1) is 0 Å². The van der Waals surface area contributed by atoms with Crippen LogP contribution in [0.3, 0.4) is 0 Å². The molecule has 1 aliphatic rings. The van der Waals surface area contributed by atoms with Crippen molar-refractivity contribution in [3.8, 4) is 5.82 Å². The summed E-state index contributed by atoms with van der Waals surface area (Å²) in [5.74, 6) is -0.00872. The van der Waals surface area contributed by atoms with Crippen LogP contribution in [0.2, 0.25) is 0 Å². The maximum Gasteiger partial charge on any atom is 0.276 e. The van der Waals surface area contributed by atoms with Gasteiger partial charge in [-0.25, -0.2) is 4.98 Å². The molecule has 132 valence electrons. The van der Waals surface area contributed by atoms with E-state index >= 15 is 0 Å². The molecule has 5 heteroatoms. The summed E-state index contributed by atoms with van der Waals surface area (Å²) in [5, 5.41) is 4.24. The average Bonchev–Trinajstić information content (AvgIpc) is 2.62. The summed E-state index contributed by atoms with van der Waals surface area (Å²) >= 11 is 0. The minimum Gasteiger partial charge on any atom is -0.267 e. The molecular formula is C21H20FN3O. The fourth-order valence-corrected chi connectivity index (χ4v) is 3.88. The smallest absolute Gasteiger partial charge is 0.267 e. The van der Waals surface area contributed by atoms with Crippen LogP contribution >= 0.6 is 0 Å². The molecule has 0 amide bonds. The first-order valence-electron chi connectivity index (χ1n) is 8.83. The van der Waals surface area contributed by atoms with Crippen LogP contribution in [0.4, 0.5) is 4.39 Å². The molecule has 0 N–H and O–H groups in total. The van der Waals surface area contributed by atoms with Crippen LogP contribution in [0.15, 0.2) is 47.4 Å². The standard InChI is InChI=1S/C21H20FN3O/c1-13-6-8-17(14(2)10-13)15-7-9-18-16(11-15)12-23-25(21(18)26)20-5-3-4-19(22)24-20/h3-6,8,10,12,15H,7,9,11H2,1-2H3. The lowest BCUT2D eigenvalue weighted by molar-refractivity contribution is 0.557. The molecule has 1 aromatic carbocycles. The van der Waals surface area contributed by atoms with E-state index in [1.54, 1.807) is 12.3 Å². The Morgan fingerprint density at radius 3 is 2.81 bits per heavy atom. The number of hydrogen-bond acceptors (Lipinski definition) is 3. The van der Waals surface area contributed by atoms with Crippen molar-refractivity contribution in [3.05, 3.63) is 86.7 Å². The molecule has 1 aliphatic carbocycles. The lowest BCUT2D eigenvalue weighted by atomic mass is 9.79. The highest BCUT2D eigenvalue weighted by Crippen LogP contribution is 2.33. The Kier molecular flexibility index (Phi) is 4.15. The Balaban J connectivity index is 1.69. The van der Waals surface area contributed by atoms with Crippen LogP contribution in [-0.2, 0) is 12.8 Å². The van der Waals surface area contributed by atoms with Crippen LogP contribution in [0.1, 0.15) is 40.2 Å². The zero-order valence-corrected chi connectivity index (χ0v) is 14.9. The first kappa shape index (κ1) is 16.6. The number of nitrogens with zero attached hydrogens (tertiary/aromatic N) is 3. The van der Waals surface area contributed by atoms with Crippen molar-refractivity contribution in [2.24, 2.45) is 0 Å². The van der Waals surface area contributed by atoms with E-state index < -0.39 is 5.95 Å². The first-order chi connectivity index (χ1) is 12.5. The summed E-state index contributed by atoms with van der Waals surface area (Å²) < 4.78 is 14.6. The topological polar surface area (TPSA) is 47.8 Å². The maximum atomic E-state index is 13.4. The summed E-state index contributed by atoms with van der Waals surface area (Å²) in [6.45, 7) is 4.24. The van der Waals surface area contributed by atoms with Crippen LogP contribution in [-0.4, -0.2) is 14.8 Å². The van der Waals surface area contributed by atoms with E-state index in [0.717, 1.165) is 24.0 Å². The van der Waals surface area contributed by atoms with Crippen LogP contribution in [0, 0.1) is 19.8 Å². The van der Waals surface area contributed by atoms with Crippen molar-refractivity contribution in [3.63, 3.8) is 0 Å². The second kappa shape index (κ2) is 6.48. The van der Waals surface area contributed by atoms with E-state index in [-0.39, 0.29) is 11.4 Å². The van der Waals surface area contributed by atoms with Gasteiger partial charge in [-0.1, -0.05) is 29.8 Å². The lowest BCUT2D eigenvalue weighted by Crippen LogP contribution is -2.30. The fraction of sp³-hybridized carbons (Fsp3) is 0.286. The predicted octanol–water partition coefficient (Wildman–Crippen LogP) is 3.66. The molecule has 2 heterocycles. The maximum absolute atomic E-state index is 13.4. The molecule has 1 unspecified atom stereocenters. The monoisotopic (exact) mass is 349 g/mol. The molecule has 0 saturated heterocycles. The van der Waals surface area contributed by atoms with Gasteiger partial charge in [0.05, 0.1) is 6.20 Å². The second-order valence-corrected chi connectivity index (χ2v) is 6.98. The van der Waals surface area contributed by atoms with Crippen molar-refractivity contribution in [1.82, 2.24) is 14.8 Å². The molecule has 4 rings (SSSR count).